The van der Waals surface area contributed by atoms with Gasteiger partial charge in [0.15, 0.2) is 0 Å². The SMILES string of the molecule is CC(C)(C)c1cc(C2=CC(=O)C(=O)C=C2O)ccc1O. The number of aliphatic hydroxyl groups excluding tert-OH is 1. The van der Waals surface area contributed by atoms with E-state index in [1.807, 2.05) is 20.8 Å². The predicted octanol–water partition coefficient (Wildman–Crippen LogP) is 2.67. The molecule has 0 aromatic heterocycles. The molecule has 0 saturated heterocycles. The number of aliphatic hydroxyl groups is 1. The van der Waals surface area contributed by atoms with Crippen molar-refractivity contribution in [3.63, 3.8) is 0 Å². The molecule has 1 aromatic carbocycles. The van der Waals surface area contributed by atoms with Crippen molar-refractivity contribution in [2.75, 3.05) is 0 Å². The highest BCUT2D eigenvalue weighted by Gasteiger charge is 2.23. The summed E-state index contributed by atoms with van der Waals surface area (Å²) in [6, 6.07) is 4.84. The monoisotopic (exact) mass is 272 g/mol. The van der Waals surface area contributed by atoms with Crippen LogP contribution in [0.25, 0.3) is 5.57 Å². The highest BCUT2D eigenvalue weighted by Crippen LogP contribution is 2.34. The maximum atomic E-state index is 11.4. The number of allylic oxidation sites excluding steroid dienone is 3. The van der Waals surface area contributed by atoms with E-state index in [0.717, 1.165) is 12.2 Å². The smallest absolute Gasteiger partial charge is 0.229 e. The standard InChI is InChI=1S/C16H16O4/c1-16(2,3)11-6-9(4-5-12(11)17)10-7-14(19)15(20)8-13(10)18/h4-8,17-18H,1-3H3. The fraction of sp³-hybridized carbons (Fsp3) is 0.250. The van der Waals surface area contributed by atoms with Gasteiger partial charge in [0.1, 0.15) is 11.5 Å². The van der Waals surface area contributed by atoms with Gasteiger partial charge in [0.25, 0.3) is 0 Å². The average molecular weight is 272 g/mol. The lowest BCUT2D eigenvalue weighted by Crippen LogP contribution is -2.15. The van der Waals surface area contributed by atoms with Crippen molar-refractivity contribution in [3.8, 4) is 5.75 Å². The zero-order chi connectivity index (χ0) is 15.1. The topological polar surface area (TPSA) is 74.6 Å². The second kappa shape index (κ2) is 4.63. The highest BCUT2D eigenvalue weighted by molar-refractivity contribution is 6.48. The third-order valence-electron chi connectivity index (χ3n) is 3.18. The molecule has 0 heterocycles. The van der Waals surface area contributed by atoms with Crippen molar-refractivity contribution in [1.29, 1.82) is 0 Å². The van der Waals surface area contributed by atoms with Crippen molar-refractivity contribution in [2.45, 2.75) is 26.2 Å². The Morgan fingerprint density at radius 1 is 0.950 bits per heavy atom. The van der Waals surface area contributed by atoms with Gasteiger partial charge in [0, 0.05) is 17.7 Å². The number of ketones is 2. The Kier molecular flexibility index (Phi) is 3.26. The Morgan fingerprint density at radius 3 is 2.15 bits per heavy atom. The van der Waals surface area contributed by atoms with Crippen molar-refractivity contribution in [2.24, 2.45) is 0 Å². The van der Waals surface area contributed by atoms with Gasteiger partial charge >= 0.3 is 0 Å². The minimum Gasteiger partial charge on any atom is -0.508 e. The van der Waals surface area contributed by atoms with E-state index < -0.39 is 11.6 Å². The number of benzene rings is 1. The van der Waals surface area contributed by atoms with Crippen LogP contribution in [-0.2, 0) is 15.0 Å². The summed E-state index contributed by atoms with van der Waals surface area (Å²) in [6.45, 7) is 5.85. The molecule has 2 N–H and O–H groups in total. The lowest BCUT2D eigenvalue weighted by atomic mass is 9.84. The maximum absolute atomic E-state index is 11.4. The van der Waals surface area contributed by atoms with Gasteiger partial charge < -0.3 is 10.2 Å². The molecule has 0 radical (unpaired) electrons. The number of carbonyl (C=O) groups excluding carboxylic acids is 2. The van der Waals surface area contributed by atoms with Crippen molar-refractivity contribution in [3.05, 3.63) is 47.2 Å². The summed E-state index contributed by atoms with van der Waals surface area (Å²) in [4.78, 5) is 22.6. The Morgan fingerprint density at radius 2 is 1.55 bits per heavy atom. The van der Waals surface area contributed by atoms with Crippen LogP contribution in [0.1, 0.15) is 31.9 Å². The van der Waals surface area contributed by atoms with Crippen LogP contribution in [0.5, 0.6) is 5.75 Å². The second-order valence-electron chi connectivity index (χ2n) is 5.80. The van der Waals surface area contributed by atoms with E-state index in [-0.39, 0.29) is 16.9 Å². The lowest BCUT2D eigenvalue weighted by molar-refractivity contribution is -0.131. The third kappa shape index (κ3) is 2.50. The van der Waals surface area contributed by atoms with Crippen molar-refractivity contribution >= 4 is 17.1 Å². The van der Waals surface area contributed by atoms with Crippen molar-refractivity contribution in [1.82, 2.24) is 0 Å². The van der Waals surface area contributed by atoms with Crippen LogP contribution in [0.15, 0.2) is 36.1 Å². The molecule has 0 saturated carbocycles. The minimum atomic E-state index is -0.735. The van der Waals surface area contributed by atoms with Gasteiger partial charge in [-0.15, -0.1) is 0 Å². The molecule has 0 amide bonds. The summed E-state index contributed by atoms with van der Waals surface area (Å²) < 4.78 is 0. The van der Waals surface area contributed by atoms with Crippen LogP contribution in [0, 0.1) is 0 Å². The molecule has 0 aliphatic heterocycles. The first-order valence-corrected chi connectivity index (χ1v) is 6.25. The Labute approximate surface area is 117 Å². The molecule has 4 nitrogen and oxygen atoms in total. The van der Waals surface area contributed by atoms with Crippen LogP contribution in [-0.4, -0.2) is 21.8 Å². The zero-order valence-electron chi connectivity index (χ0n) is 11.6. The van der Waals surface area contributed by atoms with Gasteiger partial charge in [-0.2, -0.15) is 0 Å². The molecular formula is C16H16O4. The fourth-order valence-electron chi connectivity index (χ4n) is 2.08. The van der Waals surface area contributed by atoms with E-state index >= 15 is 0 Å². The lowest BCUT2D eigenvalue weighted by Gasteiger charge is -2.22. The second-order valence-corrected chi connectivity index (χ2v) is 5.80. The Bertz CT molecular complexity index is 658. The summed E-state index contributed by atoms with van der Waals surface area (Å²) in [7, 11) is 0. The first kappa shape index (κ1) is 14.1. The number of rotatable bonds is 1. The Hall–Kier alpha value is -2.36. The third-order valence-corrected chi connectivity index (χ3v) is 3.18. The molecule has 0 atom stereocenters. The molecule has 20 heavy (non-hydrogen) atoms. The van der Waals surface area contributed by atoms with Gasteiger partial charge in [-0.25, -0.2) is 0 Å². The molecule has 1 aromatic rings. The molecule has 0 bridgehead atoms. The van der Waals surface area contributed by atoms with E-state index in [2.05, 4.69) is 0 Å². The quantitative estimate of drug-likeness (QED) is 0.609. The molecule has 4 heteroatoms. The van der Waals surface area contributed by atoms with Gasteiger partial charge in [-0.3, -0.25) is 9.59 Å². The summed E-state index contributed by atoms with van der Waals surface area (Å²) >= 11 is 0. The first-order chi connectivity index (χ1) is 9.20. The summed E-state index contributed by atoms with van der Waals surface area (Å²) in [6.07, 6.45) is 2.04. The van der Waals surface area contributed by atoms with E-state index in [4.69, 9.17) is 0 Å². The van der Waals surface area contributed by atoms with Crippen LogP contribution >= 0.6 is 0 Å². The number of carbonyl (C=O) groups is 2. The summed E-state index contributed by atoms with van der Waals surface area (Å²) in [5.74, 6) is -1.48. The highest BCUT2D eigenvalue weighted by atomic mass is 16.3. The Balaban J connectivity index is 2.55. The molecule has 0 spiro atoms. The molecule has 1 aliphatic carbocycles. The molecule has 0 fully saturated rings. The number of hydrogen-bond donors (Lipinski definition) is 2. The van der Waals surface area contributed by atoms with Gasteiger partial charge in [-0.1, -0.05) is 26.8 Å². The van der Waals surface area contributed by atoms with Gasteiger partial charge in [-0.05, 0) is 28.7 Å². The van der Waals surface area contributed by atoms with E-state index in [1.54, 1.807) is 12.1 Å². The van der Waals surface area contributed by atoms with Crippen LogP contribution in [0.4, 0.5) is 0 Å². The largest absolute Gasteiger partial charge is 0.508 e. The number of aromatic hydroxyl groups is 1. The van der Waals surface area contributed by atoms with Crippen LogP contribution in [0.3, 0.4) is 0 Å². The first-order valence-electron chi connectivity index (χ1n) is 6.25. The molecule has 2 rings (SSSR count). The average Bonchev–Trinajstić information content (AvgIpc) is 2.33. The minimum absolute atomic E-state index is 0.156. The zero-order valence-corrected chi connectivity index (χ0v) is 11.6. The van der Waals surface area contributed by atoms with Gasteiger partial charge in [0.05, 0.1) is 0 Å². The van der Waals surface area contributed by atoms with E-state index in [9.17, 15) is 19.8 Å². The molecule has 1 aliphatic rings. The molecular weight excluding hydrogens is 256 g/mol. The van der Waals surface area contributed by atoms with Crippen LogP contribution in [0.2, 0.25) is 0 Å². The summed E-state index contributed by atoms with van der Waals surface area (Å²) in [5.41, 5.74) is 1.30. The normalized spacial score (nSPS) is 15.9. The number of phenolic OH excluding ortho intramolecular Hbond substituents is 1. The van der Waals surface area contributed by atoms with Crippen LogP contribution < -0.4 is 0 Å². The number of hydrogen-bond acceptors (Lipinski definition) is 4. The van der Waals surface area contributed by atoms with Gasteiger partial charge in [0.2, 0.25) is 11.6 Å². The summed E-state index contributed by atoms with van der Waals surface area (Å²) in [5, 5.41) is 19.7. The van der Waals surface area contributed by atoms with E-state index in [0.29, 0.717) is 16.7 Å². The number of phenols is 1. The van der Waals surface area contributed by atoms with Crippen molar-refractivity contribution < 1.29 is 19.8 Å². The molecule has 0 unspecified atom stereocenters. The fourth-order valence-corrected chi connectivity index (χ4v) is 2.08. The maximum Gasteiger partial charge on any atom is 0.229 e. The predicted molar refractivity (Wildman–Crippen MR) is 75.5 cm³/mol. The molecule has 104 valence electrons. The van der Waals surface area contributed by atoms with E-state index in [1.165, 1.54) is 6.07 Å².